The highest BCUT2D eigenvalue weighted by Crippen LogP contribution is 2.26. The molecule has 0 radical (unpaired) electrons. The monoisotopic (exact) mass is 448 g/mol. The molecular formula is C25H28N4O4. The summed E-state index contributed by atoms with van der Waals surface area (Å²) in [6.45, 7) is 1.03. The van der Waals surface area contributed by atoms with Crippen LogP contribution >= 0.6 is 0 Å². The van der Waals surface area contributed by atoms with Gasteiger partial charge in [-0.05, 0) is 36.1 Å². The SMILES string of the molecule is O=C1CN2c3cccc(c3)C(NC(=O)OCc3ccccc3)C/C=C/CCNC(=O)C2CN1. The highest BCUT2D eigenvalue weighted by molar-refractivity contribution is 5.92. The van der Waals surface area contributed by atoms with Crippen molar-refractivity contribution in [1.82, 2.24) is 16.0 Å². The zero-order chi connectivity index (χ0) is 23.0. The van der Waals surface area contributed by atoms with E-state index < -0.39 is 12.1 Å². The molecular weight excluding hydrogens is 420 g/mol. The molecule has 2 aliphatic rings. The van der Waals surface area contributed by atoms with Gasteiger partial charge in [-0.25, -0.2) is 4.79 Å². The number of anilines is 1. The van der Waals surface area contributed by atoms with Crippen LogP contribution < -0.4 is 20.9 Å². The fourth-order valence-electron chi connectivity index (χ4n) is 4.00. The quantitative estimate of drug-likeness (QED) is 0.627. The molecule has 2 bridgehead atoms. The second-order valence-electron chi connectivity index (χ2n) is 8.09. The summed E-state index contributed by atoms with van der Waals surface area (Å²) in [6.07, 6.45) is 4.73. The minimum atomic E-state index is -0.501. The van der Waals surface area contributed by atoms with Crippen LogP contribution in [-0.4, -0.2) is 43.6 Å². The molecule has 4 rings (SSSR count). The van der Waals surface area contributed by atoms with E-state index in [1.165, 1.54) is 0 Å². The van der Waals surface area contributed by atoms with Crippen molar-refractivity contribution >= 4 is 23.6 Å². The van der Waals surface area contributed by atoms with Crippen LogP contribution in [0.15, 0.2) is 66.7 Å². The first-order chi connectivity index (χ1) is 16.1. The lowest BCUT2D eigenvalue weighted by Gasteiger charge is -2.36. The number of hydrogen-bond donors (Lipinski definition) is 3. The van der Waals surface area contributed by atoms with E-state index in [-0.39, 0.29) is 37.6 Å². The predicted molar refractivity (Wildman–Crippen MR) is 124 cm³/mol. The summed E-state index contributed by atoms with van der Waals surface area (Å²) in [5.41, 5.74) is 2.55. The van der Waals surface area contributed by atoms with Crippen LogP contribution in [0, 0.1) is 0 Å². The first-order valence-electron chi connectivity index (χ1n) is 11.1. The van der Waals surface area contributed by atoms with E-state index in [2.05, 4.69) is 16.0 Å². The molecule has 0 aliphatic carbocycles. The largest absolute Gasteiger partial charge is 0.445 e. The van der Waals surface area contributed by atoms with Gasteiger partial charge in [0.2, 0.25) is 11.8 Å². The number of nitrogens with one attached hydrogen (secondary N) is 3. The summed E-state index contributed by atoms with van der Waals surface area (Å²) in [6, 6.07) is 16.3. The molecule has 8 nitrogen and oxygen atoms in total. The van der Waals surface area contributed by atoms with E-state index >= 15 is 0 Å². The maximum atomic E-state index is 12.7. The van der Waals surface area contributed by atoms with Gasteiger partial charge in [-0.2, -0.15) is 0 Å². The molecule has 0 spiro atoms. The average Bonchev–Trinajstić information content (AvgIpc) is 2.84. The topological polar surface area (TPSA) is 99.8 Å². The molecule has 0 aromatic heterocycles. The lowest BCUT2D eigenvalue weighted by molar-refractivity contribution is -0.125. The van der Waals surface area contributed by atoms with E-state index in [1.807, 2.05) is 71.6 Å². The third-order valence-electron chi connectivity index (χ3n) is 5.74. The maximum absolute atomic E-state index is 12.7. The maximum Gasteiger partial charge on any atom is 0.407 e. The number of rotatable bonds is 3. The van der Waals surface area contributed by atoms with Crippen molar-refractivity contribution in [3.05, 3.63) is 77.9 Å². The Hall–Kier alpha value is -3.81. The number of benzene rings is 2. The zero-order valence-electron chi connectivity index (χ0n) is 18.3. The van der Waals surface area contributed by atoms with Crippen LogP contribution in [0.2, 0.25) is 0 Å². The second-order valence-corrected chi connectivity index (χ2v) is 8.09. The van der Waals surface area contributed by atoms with Crippen molar-refractivity contribution < 1.29 is 19.1 Å². The summed E-state index contributed by atoms with van der Waals surface area (Å²) in [7, 11) is 0. The number of amides is 3. The summed E-state index contributed by atoms with van der Waals surface area (Å²) in [4.78, 5) is 39.2. The minimum absolute atomic E-state index is 0.0942. The van der Waals surface area contributed by atoms with Crippen LogP contribution in [0.3, 0.4) is 0 Å². The van der Waals surface area contributed by atoms with Gasteiger partial charge in [0.15, 0.2) is 0 Å². The van der Waals surface area contributed by atoms with Gasteiger partial charge in [-0.1, -0.05) is 54.6 Å². The molecule has 2 heterocycles. The predicted octanol–water partition coefficient (Wildman–Crippen LogP) is 2.43. The van der Waals surface area contributed by atoms with Gasteiger partial charge in [0.1, 0.15) is 12.6 Å². The Bertz CT molecular complexity index is 1020. The lowest BCUT2D eigenvalue weighted by Crippen LogP contribution is -2.60. The van der Waals surface area contributed by atoms with Crippen molar-refractivity contribution in [1.29, 1.82) is 0 Å². The molecule has 8 heteroatoms. The number of alkyl carbamates (subject to hydrolysis) is 1. The van der Waals surface area contributed by atoms with Gasteiger partial charge >= 0.3 is 6.09 Å². The Kier molecular flexibility index (Phi) is 7.24. The molecule has 1 fully saturated rings. The molecule has 33 heavy (non-hydrogen) atoms. The van der Waals surface area contributed by atoms with Gasteiger partial charge in [0.05, 0.1) is 12.6 Å². The smallest absolute Gasteiger partial charge is 0.407 e. The number of hydrogen-bond acceptors (Lipinski definition) is 5. The Morgan fingerprint density at radius 3 is 2.76 bits per heavy atom. The average molecular weight is 449 g/mol. The third kappa shape index (κ3) is 5.91. The molecule has 2 atom stereocenters. The number of ether oxygens (including phenoxy) is 1. The highest BCUT2D eigenvalue weighted by atomic mass is 16.5. The summed E-state index contributed by atoms with van der Waals surface area (Å²) in [5, 5.41) is 8.69. The second kappa shape index (κ2) is 10.7. The first-order valence-corrected chi connectivity index (χ1v) is 11.1. The standard InChI is InChI=1S/C25H28N4O4/c30-23-16-29-20-11-7-10-19(14-20)21(28-25(32)33-17-18-8-3-1-4-9-18)12-5-2-6-13-26-24(31)22(29)15-27-23/h1-5,7-11,14,21-22H,6,12-13,15-17H2,(H,26,31)(H,27,30)(H,28,32)/b5-2+. The fraction of sp³-hybridized carbons (Fsp3) is 0.320. The number of carbonyl (C=O) groups excluding carboxylic acids is 3. The third-order valence-corrected chi connectivity index (χ3v) is 5.74. The van der Waals surface area contributed by atoms with Gasteiger partial charge in [0.25, 0.3) is 0 Å². The molecule has 172 valence electrons. The molecule has 2 aromatic rings. The van der Waals surface area contributed by atoms with Crippen LogP contribution in [-0.2, 0) is 20.9 Å². The van der Waals surface area contributed by atoms with Crippen molar-refractivity contribution in [3.8, 4) is 0 Å². The van der Waals surface area contributed by atoms with Gasteiger partial charge in [0, 0.05) is 18.8 Å². The lowest BCUT2D eigenvalue weighted by atomic mass is 10.0. The fourth-order valence-corrected chi connectivity index (χ4v) is 4.00. The van der Waals surface area contributed by atoms with Gasteiger partial charge in [-0.3, -0.25) is 9.59 Å². The zero-order valence-corrected chi connectivity index (χ0v) is 18.3. The van der Waals surface area contributed by atoms with E-state index in [4.69, 9.17) is 4.74 Å². The molecule has 2 aliphatic heterocycles. The molecule has 3 N–H and O–H groups in total. The molecule has 2 aromatic carbocycles. The van der Waals surface area contributed by atoms with Crippen LogP contribution in [0.4, 0.5) is 10.5 Å². The Morgan fingerprint density at radius 1 is 1.06 bits per heavy atom. The number of fused-ring (bicyclic) bond motifs is 4. The summed E-state index contributed by atoms with van der Waals surface area (Å²) >= 11 is 0. The summed E-state index contributed by atoms with van der Waals surface area (Å²) < 4.78 is 5.42. The van der Waals surface area contributed by atoms with Crippen LogP contribution in [0.1, 0.15) is 30.0 Å². The van der Waals surface area contributed by atoms with E-state index in [9.17, 15) is 14.4 Å². The Labute approximate surface area is 193 Å². The van der Waals surface area contributed by atoms with E-state index in [0.717, 1.165) is 16.8 Å². The summed E-state index contributed by atoms with van der Waals surface area (Å²) in [5.74, 6) is -0.248. The molecule has 1 saturated heterocycles. The van der Waals surface area contributed by atoms with E-state index in [1.54, 1.807) is 0 Å². The van der Waals surface area contributed by atoms with Crippen molar-refractivity contribution in [3.63, 3.8) is 0 Å². The van der Waals surface area contributed by atoms with Crippen molar-refractivity contribution in [2.24, 2.45) is 0 Å². The Balaban J connectivity index is 1.55. The normalized spacial score (nSPS) is 21.8. The van der Waals surface area contributed by atoms with Crippen molar-refractivity contribution in [2.45, 2.75) is 31.5 Å². The first kappa shape index (κ1) is 22.4. The minimum Gasteiger partial charge on any atom is -0.445 e. The number of carbonyl (C=O) groups is 3. The van der Waals surface area contributed by atoms with Crippen LogP contribution in [0.25, 0.3) is 0 Å². The number of nitrogens with zero attached hydrogens (tertiary/aromatic N) is 1. The molecule has 0 saturated carbocycles. The van der Waals surface area contributed by atoms with Gasteiger partial charge < -0.3 is 25.6 Å². The van der Waals surface area contributed by atoms with Crippen molar-refractivity contribution in [2.75, 3.05) is 24.5 Å². The van der Waals surface area contributed by atoms with E-state index in [0.29, 0.717) is 19.4 Å². The molecule has 3 amide bonds. The number of piperazine rings is 1. The van der Waals surface area contributed by atoms with Gasteiger partial charge in [-0.15, -0.1) is 0 Å². The molecule has 2 unspecified atom stereocenters. The van der Waals surface area contributed by atoms with Crippen LogP contribution in [0.5, 0.6) is 0 Å². The highest BCUT2D eigenvalue weighted by Gasteiger charge is 2.32. The Morgan fingerprint density at radius 2 is 1.91 bits per heavy atom.